The lowest BCUT2D eigenvalue weighted by Crippen LogP contribution is -2.26. The molecule has 0 aliphatic rings. The van der Waals surface area contributed by atoms with Gasteiger partial charge in [-0.2, -0.15) is 0 Å². The smallest absolute Gasteiger partial charge is 0.225 e. The molecule has 0 unspecified atom stereocenters. The van der Waals surface area contributed by atoms with Gasteiger partial charge in [0, 0.05) is 25.5 Å². The van der Waals surface area contributed by atoms with Crippen molar-refractivity contribution in [2.75, 3.05) is 18.0 Å². The number of anilines is 1. The van der Waals surface area contributed by atoms with Crippen LogP contribution in [0.5, 0.6) is 0 Å². The van der Waals surface area contributed by atoms with Crippen molar-refractivity contribution in [1.82, 2.24) is 9.97 Å². The molecule has 0 bridgehead atoms. The summed E-state index contributed by atoms with van der Waals surface area (Å²) in [5.41, 5.74) is 0. The van der Waals surface area contributed by atoms with Crippen LogP contribution in [0.2, 0.25) is 0 Å². The largest absolute Gasteiger partial charge is 0.341 e. The van der Waals surface area contributed by atoms with Gasteiger partial charge in [0.15, 0.2) is 0 Å². The van der Waals surface area contributed by atoms with Crippen LogP contribution in [0, 0.1) is 0 Å². The summed E-state index contributed by atoms with van der Waals surface area (Å²) in [7, 11) is 0. The Morgan fingerprint density at radius 2 is 1.62 bits per heavy atom. The molecule has 0 aromatic carbocycles. The molecule has 0 aliphatic heterocycles. The molecule has 13 heavy (non-hydrogen) atoms. The van der Waals surface area contributed by atoms with Gasteiger partial charge < -0.3 is 4.90 Å². The highest BCUT2D eigenvalue weighted by atomic mass is 15.2. The van der Waals surface area contributed by atoms with Crippen molar-refractivity contribution in [3.63, 3.8) is 0 Å². The third kappa shape index (κ3) is 3.01. The summed E-state index contributed by atoms with van der Waals surface area (Å²) >= 11 is 0. The SMILES string of the molecule is CCCN(CCC)c1ncccn1. The van der Waals surface area contributed by atoms with Crippen LogP contribution in [0.3, 0.4) is 0 Å². The first-order valence-corrected chi connectivity index (χ1v) is 4.90. The monoisotopic (exact) mass is 179 g/mol. The molecule has 3 heteroatoms. The zero-order valence-electron chi connectivity index (χ0n) is 8.40. The molecule has 72 valence electrons. The number of hydrogen-bond acceptors (Lipinski definition) is 3. The molecule has 0 fully saturated rings. The molecule has 1 heterocycles. The minimum Gasteiger partial charge on any atom is -0.341 e. The zero-order valence-corrected chi connectivity index (χ0v) is 8.40. The maximum absolute atomic E-state index is 4.23. The van der Waals surface area contributed by atoms with Crippen LogP contribution in [-0.2, 0) is 0 Å². The quantitative estimate of drug-likeness (QED) is 0.693. The Kier molecular flexibility index (Phi) is 4.23. The summed E-state index contributed by atoms with van der Waals surface area (Å²) in [6, 6.07) is 1.85. The first-order chi connectivity index (χ1) is 6.38. The van der Waals surface area contributed by atoms with Gasteiger partial charge in [0.05, 0.1) is 0 Å². The maximum atomic E-state index is 4.23. The molecule has 0 atom stereocenters. The van der Waals surface area contributed by atoms with Gasteiger partial charge in [0.25, 0.3) is 0 Å². The van der Waals surface area contributed by atoms with E-state index in [9.17, 15) is 0 Å². The van der Waals surface area contributed by atoms with Crippen LogP contribution in [-0.4, -0.2) is 23.1 Å². The summed E-state index contributed by atoms with van der Waals surface area (Å²) in [6.07, 6.45) is 5.86. The van der Waals surface area contributed by atoms with Gasteiger partial charge in [-0.15, -0.1) is 0 Å². The van der Waals surface area contributed by atoms with Gasteiger partial charge in [0.2, 0.25) is 5.95 Å². The number of nitrogens with zero attached hydrogens (tertiary/aromatic N) is 3. The molecule has 0 N–H and O–H groups in total. The van der Waals surface area contributed by atoms with E-state index in [0.29, 0.717) is 0 Å². The van der Waals surface area contributed by atoms with Gasteiger partial charge in [-0.25, -0.2) is 9.97 Å². The normalized spacial score (nSPS) is 10.0. The zero-order chi connectivity index (χ0) is 9.52. The van der Waals surface area contributed by atoms with E-state index in [1.165, 1.54) is 0 Å². The fraction of sp³-hybridized carbons (Fsp3) is 0.600. The number of hydrogen-bond donors (Lipinski definition) is 0. The molecular formula is C10H17N3. The first kappa shape index (κ1) is 9.96. The summed E-state index contributed by atoms with van der Waals surface area (Å²) in [5, 5.41) is 0. The van der Waals surface area contributed by atoms with E-state index in [1.807, 2.05) is 6.07 Å². The van der Waals surface area contributed by atoms with E-state index in [-0.39, 0.29) is 0 Å². The van der Waals surface area contributed by atoms with Crippen LogP contribution in [0.1, 0.15) is 26.7 Å². The fourth-order valence-electron chi connectivity index (χ4n) is 1.31. The highest BCUT2D eigenvalue weighted by Crippen LogP contribution is 2.05. The van der Waals surface area contributed by atoms with Gasteiger partial charge in [-0.05, 0) is 18.9 Å². The lowest BCUT2D eigenvalue weighted by Gasteiger charge is -2.20. The average Bonchev–Trinajstić information content (AvgIpc) is 2.19. The summed E-state index contributed by atoms with van der Waals surface area (Å²) in [4.78, 5) is 10.7. The van der Waals surface area contributed by atoms with E-state index in [1.54, 1.807) is 12.4 Å². The topological polar surface area (TPSA) is 29.0 Å². The predicted octanol–water partition coefficient (Wildman–Crippen LogP) is 2.10. The van der Waals surface area contributed by atoms with Crippen molar-refractivity contribution in [3.8, 4) is 0 Å². The van der Waals surface area contributed by atoms with E-state index in [4.69, 9.17) is 0 Å². The Balaban J connectivity index is 2.64. The second kappa shape index (κ2) is 5.51. The van der Waals surface area contributed by atoms with Crippen LogP contribution in [0.15, 0.2) is 18.5 Å². The Labute approximate surface area is 79.8 Å². The molecule has 1 aromatic rings. The number of aromatic nitrogens is 2. The lowest BCUT2D eigenvalue weighted by atomic mass is 10.4. The van der Waals surface area contributed by atoms with Gasteiger partial charge in [-0.3, -0.25) is 0 Å². The third-order valence-corrected chi connectivity index (χ3v) is 1.82. The standard InChI is InChI=1S/C10H17N3/c1-3-8-13(9-4-2)10-11-6-5-7-12-10/h5-7H,3-4,8-9H2,1-2H3. The van der Waals surface area contributed by atoms with Crippen LogP contribution in [0.25, 0.3) is 0 Å². The second-order valence-electron chi connectivity index (χ2n) is 3.04. The van der Waals surface area contributed by atoms with Crippen molar-refractivity contribution >= 4 is 5.95 Å². The maximum Gasteiger partial charge on any atom is 0.225 e. The molecule has 1 rings (SSSR count). The van der Waals surface area contributed by atoms with Crippen LogP contribution < -0.4 is 4.90 Å². The molecule has 1 aromatic heterocycles. The Morgan fingerprint density at radius 1 is 1.08 bits per heavy atom. The minimum atomic E-state index is 0.853. The molecule has 0 radical (unpaired) electrons. The second-order valence-corrected chi connectivity index (χ2v) is 3.04. The molecule has 0 saturated carbocycles. The summed E-state index contributed by atoms with van der Waals surface area (Å²) in [5.74, 6) is 0.853. The molecule has 0 spiro atoms. The first-order valence-electron chi connectivity index (χ1n) is 4.90. The highest BCUT2D eigenvalue weighted by molar-refractivity contribution is 5.27. The van der Waals surface area contributed by atoms with Crippen molar-refractivity contribution in [3.05, 3.63) is 18.5 Å². The minimum absolute atomic E-state index is 0.853. The Hall–Kier alpha value is -1.12. The van der Waals surface area contributed by atoms with Crippen molar-refractivity contribution in [2.24, 2.45) is 0 Å². The van der Waals surface area contributed by atoms with E-state index < -0.39 is 0 Å². The Bertz CT molecular complexity index is 217. The third-order valence-electron chi connectivity index (χ3n) is 1.82. The predicted molar refractivity (Wildman–Crippen MR) is 54.8 cm³/mol. The van der Waals surface area contributed by atoms with E-state index in [2.05, 4.69) is 28.7 Å². The molecule has 3 nitrogen and oxygen atoms in total. The van der Waals surface area contributed by atoms with Crippen molar-refractivity contribution in [1.29, 1.82) is 0 Å². The average molecular weight is 179 g/mol. The molecular weight excluding hydrogens is 162 g/mol. The van der Waals surface area contributed by atoms with Gasteiger partial charge in [0.1, 0.15) is 0 Å². The number of rotatable bonds is 5. The molecule has 0 saturated heterocycles. The van der Waals surface area contributed by atoms with Crippen LogP contribution >= 0.6 is 0 Å². The highest BCUT2D eigenvalue weighted by Gasteiger charge is 2.05. The van der Waals surface area contributed by atoms with Crippen molar-refractivity contribution in [2.45, 2.75) is 26.7 Å². The lowest BCUT2D eigenvalue weighted by molar-refractivity contribution is 0.721. The molecule has 0 amide bonds. The fourth-order valence-corrected chi connectivity index (χ4v) is 1.31. The summed E-state index contributed by atoms with van der Waals surface area (Å²) in [6.45, 7) is 6.42. The van der Waals surface area contributed by atoms with Gasteiger partial charge >= 0.3 is 0 Å². The van der Waals surface area contributed by atoms with E-state index >= 15 is 0 Å². The van der Waals surface area contributed by atoms with E-state index in [0.717, 1.165) is 31.9 Å². The summed E-state index contributed by atoms with van der Waals surface area (Å²) < 4.78 is 0. The van der Waals surface area contributed by atoms with Crippen LogP contribution in [0.4, 0.5) is 5.95 Å². The molecule has 0 aliphatic carbocycles. The van der Waals surface area contributed by atoms with Gasteiger partial charge in [-0.1, -0.05) is 13.8 Å². The van der Waals surface area contributed by atoms with Crippen molar-refractivity contribution < 1.29 is 0 Å². The Morgan fingerprint density at radius 3 is 2.08 bits per heavy atom.